The number of halogens is 1. The highest BCUT2D eigenvalue weighted by atomic mass is 19.1. The number of carbonyl (C=O) groups excluding carboxylic acids is 1. The Kier molecular flexibility index (Phi) is 4.18. The molecule has 5 nitrogen and oxygen atoms in total. The van der Waals surface area contributed by atoms with Crippen molar-refractivity contribution < 1.29 is 13.7 Å². The molecule has 0 radical (unpaired) electrons. The molecule has 6 heteroatoms. The summed E-state index contributed by atoms with van der Waals surface area (Å²) < 4.78 is 18.0. The fourth-order valence-electron chi connectivity index (χ4n) is 2.44. The van der Waals surface area contributed by atoms with Gasteiger partial charge in [-0.15, -0.1) is 0 Å². The Morgan fingerprint density at radius 1 is 1.36 bits per heavy atom. The third-order valence-corrected chi connectivity index (χ3v) is 4.14. The second kappa shape index (κ2) is 6.25. The predicted octanol–water partition coefficient (Wildman–Crippen LogP) is 2.82. The quantitative estimate of drug-likeness (QED) is 0.852. The van der Waals surface area contributed by atoms with Crippen LogP contribution in [0.4, 0.5) is 4.39 Å². The molecule has 0 bridgehead atoms. The Balaban J connectivity index is 1.57. The third-order valence-electron chi connectivity index (χ3n) is 4.14. The first kappa shape index (κ1) is 14.7. The minimum Gasteiger partial charge on any atom is -0.343 e. The highest BCUT2D eigenvalue weighted by molar-refractivity contribution is 5.76. The van der Waals surface area contributed by atoms with Gasteiger partial charge >= 0.3 is 0 Å². The number of aromatic nitrogens is 2. The van der Waals surface area contributed by atoms with E-state index in [9.17, 15) is 9.18 Å². The molecule has 0 atom stereocenters. The first-order valence-electron chi connectivity index (χ1n) is 7.47. The van der Waals surface area contributed by atoms with E-state index in [1.807, 2.05) is 11.9 Å². The van der Waals surface area contributed by atoms with E-state index in [4.69, 9.17) is 4.52 Å². The van der Waals surface area contributed by atoms with Crippen LogP contribution in [-0.2, 0) is 11.2 Å². The van der Waals surface area contributed by atoms with Crippen LogP contribution in [0.5, 0.6) is 0 Å². The summed E-state index contributed by atoms with van der Waals surface area (Å²) in [5.41, 5.74) is 0.689. The summed E-state index contributed by atoms with van der Waals surface area (Å²) in [6.07, 6.45) is 4.17. The van der Waals surface area contributed by atoms with Crippen molar-refractivity contribution in [1.82, 2.24) is 15.0 Å². The summed E-state index contributed by atoms with van der Waals surface area (Å²) in [6, 6.07) is 6.29. The summed E-state index contributed by atoms with van der Waals surface area (Å²) in [4.78, 5) is 18.1. The van der Waals surface area contributed by atoms with Gasteiger partial charge < -0.3 is 9.42 Å². The Bertz CT molecular complexity index is 650. The van der Waals surface area contributed by atoms with Gasteiger partial charge in [-0.3, -0.25) is 4.79 Å². The molecule has 0 aliphatic heterocycles. The average molecular weight is 303 g/mol. The van der Waals surface area contributed by atoms with Crippen molar-refractivity contribution in [3.63, 3.8) is 0 Å². The molecule has 3 rings (SSSR count). The van der Waals surface area contributed by atoms with Gasteiger partial charge in [0.2, 0.25) is 17.6 Å². The smallest absolute Gasteiger partial charge is 0.227 e. The molecular weight excluding hydrogens is 285 g/mol. The van der Waals surface area contributed by atoms with Crippen LogP contribution in [-0.4, -0.2) is 34.0 Å². The van der Waals surface area contributed by atoms with E-state index in [0.29, 0.717) is 36.2 Å². The van der Waals surface area contributed by atoms with E-state index in [0.717, 1.165) is 12.8 Å². The summed E-state index contributed by atoms with van der Waals surface area (Å²) in [7, 11) is 1.85. The van der Waals surface area contributed by atoms with Crippen molar-refractivity contribution in [1.29, 1.82) is 0 Å². The van der Waals surface area contributed by atoms with Crippen LogP contribution in [0.15, 0.2) is 28.8 Å². The number of hydrogen-bond donors (Lipinski definition) is 0. The second-order valence-corrected chi connectivity index (χ2v) is 5.61. The molecule has 1 heterocycles. The molecule has 2 aromatic rings. The summed E-state index contributed by atoms with van der Waals surface area (Å²) in [6.45, 7) is 0. The van der Waals surface area contributed by atoms with Gasteiger partial charge in [-0.25, -0.2) is 4.39 Å². The third kappa shape index (κ3) is 3.16. The van der Waals surface area contributed by atoms with Crippen molar-refractivity contribution >= 4 is 5.91 Å². The molecule has 0 unspecified atom stereocenters. The molecule has 0 N–H and O–H groups in total. The minimum atomic E-state index is -0.308. The molecule has 1 saturated carbocycles. The van der Waals surface area contributed by atoms with Crippen LogP contribution >= 0.6 is 0 Å². The van der Waals surface area contributed by atoms with Gasteiger partial charge in [0.25, 0.3) is 0 Å². The lowest BCUT2D eigenvalue weighted by Gasteiger charge is -2.34. The van der Waals surface area contributed by atoms with Crippen molar-refractivity contribution in [3.8, 4) is 11.4 Å². The summed E-state index contributed by atoms with van der Waals surface area (Å²) >= 11 is 0. The van der Waals surface area contributed by atoms with Gasteiger partial charge in [0.05, 0.1) is 0 Å². The van der Waals surface area contributed by atoms with Crippen LogP contribution in [0, 0.1) is 5.82 Å². The van der Waals surface area contributed by atoms with Gasteiger partial charge in [0.1, 0.15) is 5.82 Å². The number of rotatable bonds is 5. The van der Waals surface area contributed by atoms with E-state index in [1.165, 1.54) is 18.6 Å². The molecule has 1 aliphatic rings. The largest absolute Gasteiger partial charge is 0.343 e. The molecule has 1 aromatic heterocycles. The zero-order valence-electron chi connectivity index (χ0n) is 12.5. The normalized spacial score (nSPS) is 14.6. The SMILES string of the molecule is CN(C(=O)CCc1nc(-c2ccc(F)cc2)no1)C1CCC1. The number of carbonyl (C=O) groups is 1. The van der Waals surface area contributed by atoms with E-state index in [2.05, 4.69) is 10.1 Å². The van der Waals surface area contributed by atoms with Gasteiger partial charge in [-0.05, 0) is 43.5 Å². The van der Waals surface area contributed by atoms with Crippen LogP contribution in [0.1, 0.15) is 31.6 Å². The first-order valence-corrected chi connectivity index (χ1v) is 7.47. The summed E-state index contributed by atoms with van der Waals surface area (Å²) in [5, 5.41) is 3.87. The highest BCUT2D eigenvalue weighted by Gasteiger charge is 2.25. The van der Waals surface area contributed by atoms with Crippen molar-refractivity contribution in [2.24, 2.45) is 0 Å². The standard InChI is InChI=1S/C16H18FN3O2/c1-20(13-3-2-4-13)15(21)10-9-14-18-16(19-22-14)11-5-7-12(17)8-6-11/h5-8,13H,2-4,9-10H2,1H3. The zero-order valence-corrected chi connectivity index (χ0v) is 12.5. The van der Waals surface area contributed by atoms with Crippen molar-refractivity contribution in [2.75, 3.05) is 7.05 Å². The van der Waals surface area contributed by atoms with Crippen LogP contribution in [0.2, 0.25) is 0 Å². The Morgan fingerprint density at radius 2 is 2.09 bits per heavy atom. The zero-order chi connectivity index (χ0) is 15.5. The van der Waals surface area contributed by atoms with Gasteiger partial charge in [0, 0.05) is 31.5 Å². The molecule has 22 heavy (non-hydrogen) atoms. The monoisotopic (exact) mass is 303 g/mol. The fourth-order valence-corrected chi connectivity index (χ4v) is 2.44. The topological polar surface area (TPSA) is 59.2 Å². The Hall–Kier alpha value is -2.24. The molecule has 0 spiro atoms. The number of benzene rings is 1. The maximum Gasteiger partial charge on any atom is 0.227 e. The molecule has 1 aliphatic carbocycles. The van der Waals surface area contributed by atoms with Gasteiger partial charge in [-0.1, -0.05) is 5.16 Å². The predicted molar refractivity (Wildman–Crippen MR) is 78.4 cm³/mol. The molecule has 0 saturated heterocycles. The second-order valence-electron chi connectivity index (χ2n) is 5.61. The van der Waals surface area contributed by atoms with Gasteiger partial charge in [-0.2, -0.15) is 4.98 Å². The lowest BCUT2D eigenvalue weighted by Crippen LogP contribution is -2.41. The number of aryl methyl sites for hydroxylation is 1. The van der Waals surface area contributed by atoms with E-state index >= 15 is 0 Å². The Labute approximate surface area is 128 Å². The van der Waals surface area contributed by atoms with E-state index < -0.39 is 0 Å². The molecular formula is C16H18FN3O2. The van der Waals surface area contributed by atoms with Crippen LogP contribution in [0.25, 0.3) is 11.4 Å². The van der Waals surface area contributed by atoms with E-state index in [-0.39, 0.29) is 11.7 Å². The minimum absolute atomic E-state index is 0.103. The molecule has 1 amide bonds. The number of amides is 1. The summed E-state index contributed by atoms with van der Waals surface area (Å²) in [5.74, 6) is 0.632. The van der Waals surface area contributed by atoms with Gasteiger partial charge in [0.15, 0.2) is 0 Å². The van der Waals surface area contributed by atoms with Crippen LogP contribution < -0.4 is 0 Å². The molecule has 1 aromatic carbocycles. The van der Waals surface area contributed by atoms with Crippen LogP contribution in [0.3, 0.4) is 0 Å². The average Bonchev–Trinajstić information content (AvgIpc) is 2.92. The highest BCUT2D eigenvalue weighted by Crippen LogP contribution is 2.24. The maximum absolute atomic E-state index is 12.9. The lowest BCUT2D eigenvalue weighted by molar-refractivity contribution is -0.133. The Morgan fingerprint density at radius 3 is 2.73 bits per heavy atom. The van der Waals surface area contributed by atoms with E-state index in [1.54, 1.807) is 12.1 Å². The maximum atomic E-state index is 12.9. The number of nitrogens with zero attached hydrogens (tertiary/aromatic N) is 3. The molecule has 116 valence electrons. The van der Waals surface area contributed by atoms with Crippen molar-refractivity contribution in [2.45, 2.75) is 38.1 Å². The number of hydrogen-bond acceptors (Lipinski definition) is 4. The lowest BCUT2D eigenvalue weighted by atomic mass is 9.91. The van der Waals surface area contributed by atoms with Crippen molar-refractivity contribution in [3.05, 3.63) is 36.0 Å². The fraction of sp³-hybridized carbons (Fsp3) is 0.438. The molecule has 1 fully saturated rings. The first-order chi connectivity index (χ1) is 10.6.